The Morgan fingerprint density at radius 3 is 2.63 bits per heavy atom. The zero-order valence-corrected chi connectivity index (χ0v) is 19.1. The van der Waals surface area contributed by atoms with Gasteiger partial charge in [0, 0.05) is 44.3 Å². The molecule has 1 aromatic carbocycles. The van der Waals surface area contributed by atoms with Gasteiger partial charge in [-0.1, -0.05) is 12.1 Å². The second-order valence-electron chi connectivity index (χ2n) is 8.98. The minimum atomic E-state index is -0.157. The molecule has 166 valence electrons. The number of thiocarbonyl (C=S) groups is 1. The Morgan fingerprint density at radius 1 is 1.27 bits per heavy atom. The average molecular weight is 436 g/mol. The number of nitrogens with zero attached hydrogens (tertiary/aromatic N) is 3. The largest absolute Gasteiger partial charge is 0.367 e. The summed E-state index contributed by atoms with van der Waals surface area (Å²) in [4.78, 5) is 18.8. The molecule has 1 aromatic rings. The minimum Gasteiger partial charge on any atom is -0.367 e. The first kappa shape index (κ1) is 22.7. The summed E-state index contributed by atoms with van der Waals surface area (Å²) in [6.07, 6.45) is 1.84. The van der Waals surface area contributed by atoms with Gasteiger partial charge >= 0.3 is 0 Å². The highest BCUT2D eigenvalue weighted by atomic mass is 32.1. The van der Waals surface area contributed by atoms with Crippen LogP contribution in [0, 0.1) is 5.82 Å². The lowest BCUT2D eigenvalue weighted by Crippen LogP contribution is -2.61. The number of hydrogen-bond acceptors (Lipinski definition) is 4. The highest BCUT2D eigenvalue weighted by Gasteiger charge is 2.33. The van der Waals surface area contributed by atoms with Gasteiger partial charge in [-0.3, -0.25) is 9.69 Å². The van der Waals surface area contributed by atoms with Gasteiger partial charge < -0.3 is 20.4 Å². The van der Waals surface area contributed by atoms with Crippen LogP contribution >= 0.6 is 12.2 Å². The van der Waals surface area contributed by atoms with Crippen LogP contribution in [0.4, 0.5) is 10.1 Å². The van der Waals surface area contributed by atoms with Crippen molar-refractivity contribution in [1.82, 2.24) is 20.4 Å². The van der Waals surface area contributed by atoms with Crippen molar-refractivity contribution in [2.24, 2.45) is 0 Å². The smallest absolute Gasteiger partial charge is 0.239 e. The average Bonchev–Trinajstić information content (AvgIpc) is 2.68. The molecule has 1 amide bonds. The summed E-state index contributed by atoms with van der Waals surface area (Å²) in [6.45, 7) is 11.7. The Labute approximate surface area is 184 Å². The molecule has 0 aromatic heterocycles. The molecule has 0 saturated carbocycles. The van der Waals surface area contributed by atoms with Crippen LogP contribution in [0.15, 0.2) is 24.3 Å². The molecule has 2 heterocycles. The van der Waals surface area contributed by atoms with E-state index in [2.05, 4.69) is 41.2 Å². The normalized spacial score (nSPS) is 22.0. The van der Waals surface area contributed by atoms with Crippen molar-refractivity contribution in [3.63, 3.8) is 0 Å². The Balaban J connectivity index is 1.32. The number of hydrogen-bond donors (Lipinski definition) is 2. The molecule has 1 atom stereocenters. The molecule has 2 aliphatic rings. The van der Waals surface area contributed by atoms with Crippen LogP contribution in [0.3, 0.4) is 0 Å². The van der Waals surface area contributed by atoms with Crippen LogP contribution in [-0.4, -0.2) is 78.2 Å². The first-order valence-corrected chi connectivity index (χ1v) is 11.2. The number of piperazine rings is 1. The third-order valence-electron chi connectivity index (χ3n) is 5.90. The molecule has 0 aliphatic carbocycles. The van der Waals surface area contributed by atoms with Crippen molar-refractivity contribution in [1.29, 1.82) is 0 Å². The molecule has 0 bridgehead atoms. The maximum atomic E-state index is 13.9. The van der Waals surface area contributed by atoms with Crippen LogP contribution < -0.4 is 15.5 Å². The summed E-state index contributed by atoms with van der Waals surface area (Å²) < 4.78 is 13.9. The quantitative estimate of drug-likeness (QED) is 0.506. The number of para-hydroxylation sites is 1. The van der Waals surface area contributed by atoms with E-state index in [1.807, 2.05) is 17.0 Å². The van der Waals surface area contributed by atoms with Crippen molar-refractivity contribution in [2.75, 3.05) is 50.7 Å². The molecular formula is C22H34FN5OS. The zero-order valence-electron chi connectivity index (χ0n) is 18.3. The second-order valence-corrected chi connectivity index (χ2v) is 9.37. The van der Waals surface area contributed by atoms with Crippen molar-refractivity contribution in [2.45, 2.75) is 45.2 Å². The Bertz CT molecular complexity index is 751. The fourth-order valence-corrected chi connectivity index (χ4v) is 4.87. The predicted octanol–water partition coefficient (Wildman–Crippen LogP) is 2.20. The highest BCUT2D eigenvalue weighted by molar-refractivity contribution is 7.80. The molecule has 2 aliphatic heterocycles. The number of anilines is 1. The molecule has 0 radical (unpaired) electrons. The van der Waals surface area contributed by atoms with Crippen LogP contribution in [0.2, 0.25) is 0 Å². The molecule has 30 heavy (non-hydrogen) atoms. The van der Waals surface area contributed by atoms with E-state index in [-0.39, 0.29) is 23.3 Å². The van der Waals surface area contributed by atoms with Gasteiger partial charge in [-0.25, -0.2) is 4.39 Å². The number of benzene rings is 1. The van der Waals surface area contributed by atoms with Gasteiger partial charge in [-0.05, 0) is 64.5 Å². The fraction of sp³-hybridized carbons (Fsp3) is 0.636. The SMILES string of the molecule is C[C@@H]1CC(C)(C)NC(=S)N1CC(=O)NCCCN1CCN(c2ccccc2F)CC1. The van der Waals surface area contributed by atoms with Crippen molar-refractivity contribution in [3.8, 4) is 0 Å². The number of halogens is 1. The standard InChI is InChI=1S/C22H34FN5OS/c1-17-15-22(2,3)25-21(30)28(17)16-20(29)24-9-6-10-26-11-13-27(14-12-26)19-8-5-4-7-18(19)23/h4-5,7-8,17H,6,9-16H2,1-3H3,(H,24,29)(H,25,30)/t17-/m1/s1. The maximum absolute atomic E-state index is 13.9. The third-order valence-corrected chi connectivity index (χ3v) is 6.23. The van der Waals surface area contributed by atoms with Gasteiger partial charge in [0.1, 0.15) is 5.82 Å². The molecule has 8 heteroatoms. The van der Waals surface area contributed by atoms with Crippen LogP contribution in [0.25, 0.3) is 0 Å². The molecular weight excluding hydrogens is 401 g/mol. The van der Waals surface area contributed by atoms with Gasteiger partial charge in [0.25, 0.3) is 0 Å². The predicted molar refractivity (Wildman–Crippen MR) is 123 cm³/mol. The molecule has 2 fully saturated rings. The van der Waals surface area contributed by atoms with E-state index >= 15 is 0 Å². The molecule has 2 saturated heterocycles. The molecule has 0 spiro atoms. The first-order valence-electron chi connectivity index (χ1n) is 10.8. The van der Waals surface area contributed by atoms with E-state index < -0.39 is 0 Å². The van der Waals surface area contributed by atoms with Crippen LogP contribution in [0.5, 0.6) is 0 Å². The summed E-state index contributed by atoms with van der Waals surface area (Å²) in [5.41, 5.74) is 0.659. The number of rotatable bonds is 7. The van der Waals surface area contributed by atoms with Crippen molar-refractivity contribution < 1.29 is 9.18 Å². The fourth-order valence-electron chi connectivity index (χ4n) is 4.35. The minimum absolute atomic E-state index is 0.00933. The van der Waals surface area contributed by atoms with Gasteiger partial charge in [0.15, 0.2) is 5.11 Å². The number of amides is 1. The first-order chi connectivity index (χ1) is 14.2. The van der Waals surface area contributed by atoms with Crippen LogP contribution in [0.1, 0.15) is 33.6 Å². The monoisotopic (exact) mass is 435 g/mol. The van der Waals surface area contributed by atoms with Gasteiger partial charge in [0.05, 0.1) is 12.2 Å². The van der Waals surface area contributed by atoms with Gasteiger partial charge in [-0.2, -0.15) is 0 Å². The van der Waals surface area contributed by atoms with Crippen LogP contribution in [-0.2, 0) is 4.79 Å². The molecule has 3 rings (SSSR count). The summed E-state index contributed by atoms with van der Waals surface area (Å²) >= 11 is 5.45. The lowest BCUT2D eigenvalue weighted by molar-refractivity contribution is -0.122. The van der Waals surface area contributed by atoms with E-state index in [1.54, 1.807) is 6.07 Å². The Morgan fingerprint density at radius 2 is 1.97 bits per heavy atom. The lowest BCUT2D eigenvalue weighted by Gasteiger charge is -2.44. The summed E-state index contributed by atoms with van der Waals surface area (Å²) in [6, 6.07) is 7.19. The summed E-state index contributed by atoms with van der Waals surface area (Å²) in [5.74, 6) is -0.148. The van der Waals surface area contributed by atoms with E-state index in [0.29, 0.717) is 23.9 Å². The van der Waals surface area contributed by atoms with Crippen molar-refractivity contribution in [3.05, 3.63) is 30.1 Å². The highest BCUT2D eigenvalue weighted by Crippen LogP contribution is 2.22. The molecule has 0 unspecified atom stereocenters. The van der Waals surface area contributed by atoms with E-state index in [0.717, 1.165) is 45.6 Å². The van der Waals surface area contributed by atoms with Gasteiger partial charge in [-0.15, -0.1) is 0 Å². The summed E-state index contributed by atoms with van der Waals surface area (Å²) in [5, 5.41) is 6.99. The topological polar surface area (TPSA) is 50.9 Å². The maximum Gasteiger partial charge on any atom is 0.239 e. The lowest BCUT2D eigenvalue weighted by atomic mass is 9.93. The third kappa shape index (κ3) is 6.04. The number of nitrogens with one attached hydrogen (secondary N) is 2. The van der Waals surface area contributed by atoms with E-state index in [1.165, 1.54) is 6.07 Å². The second kappa shape index (κ2) is 9.92. The molecule has 2 N–H and O–H groups in total. The van der Waals surface area contributed by atoms with Gasteiger partial charge in [0.2, 0.25) is 5.91 Å². The van der Waals surface area contributed by atoms with E-state index in [9.17, 15) is 9.18 Å². The van der Waals surface area contributed by atoms with E-state index in [4.69, 9.17) is 12.2 Å². The number of carbonyl (C=O) groups excluding carboxylic acids is 1. The van der Waals surface area contributed by atoms with Crippen molar-refractivity contribution >= 4 is 28.9 Å². The zero-order chi connectivity index (χ0) is 21.7. The Hall–Kier alpha value is -1.93. The molecule has 6 nitrogen and oxygen atoms in total. The summed E-state index contributed by atoms with van der Waals surface area (Å²) in [7, 11) is 0. The number of carbonyl (C=O) groups is 1. The Kier molecular flexibility index (Phi) is 7.52.